The lowest BCUT2D eigenvalue weighted by molar-refractivity contribution is -0.137. The Morgan fingerprint density at radius 1 is 1.43 bits per heavy atom. The summed E-state index contributed by atoms with van der Waals surface area (Å²) in [7, 11) is 0. The van der Waals surface area contributed by atoms with Crippen LogP contribution < -0.4 is 5.32 Å². The van der Waals surface area contributed by atoms with Gasteiger partial charge in [-0.15, -0.1) is 0 Å². The molecule has 7 heteroatoms. The molecular formula is C14H13Cl2N3O2. The van der Waals surface area contributed by atoms with Crippen molar-refractivity contribution in [1.29, 1.82) is 0 Å². The average molecular weight is 326 g/mol. The van der Waals surface area contributed by atoms with Crippen LogP contribution in [0.2, 0.25) is 10.0 Å². The van der Waals surface area contributed by atoms with Crippen LogP contribution >= 0.6 is 23.2 Å². The van der Waals surface area contributed by atoms with E-state index in [0.29, 0.717) is 22.3 Å². The molecule has 0 saturated heterocycles. The topological polar surface area (TPSA) is 67.1 Å². The van der Waals surface area contributed by atoms with Gasteiger partial charge in [0.1, 0.15) is 6.54 Å². The summed E-state index contributed by atoms with van der Waals surface area (Å²) in [6.07, 6.45) is 0.744. The molecule has 1 aromatic carbocycles. The lowest BCUT2D eigenvalue weighted by atomic mass is 10.0. The Morgan fingerprint density at radius 2 is 2.24 bits per heavy atom. The van der Waals surface area contributed by atoms with Crippen LogP contribution in [0, 0.1) is 0 Å². The largest absolute Gasteiger partial charge is 0.480 e. The first-order valence-electron chi connectivity index (χ1n) is 6.53. The molecule has 0 fully saturated rings. The summed E-state index contributed by atoms with van der Waals surface area (Å²) in [5.74, 6) is -0.914. The molecule has 1 aromatic heterocycles. The highest BCUT2D eigenvalue weighted by Crippen LogP contribution is 2.36. The molecule has 0 radical (unpaired) electrons. The van der Waals surface area contributed by atoms with Crippen LogP contribution in [0.1, 0.15) is 11.3 Å². The second-order valence-electron chi connectivity index (χ2n) is 4.85. The van der Waals surface area contributed by atoms with Gasteiger partial charge >= 0.3 is 5.97 Å². The molecule has 1 aliphatic heterocycles. The number of hydrogen-bond donors (Lipinski definition) is 2. The highest BCUT2D eigenvalue weighted by atomic mass is 35.5. The first-order chi connectivity index (χ1) is 10.1. The lowest BCUT2D eigenvalue weighted by Crippen LogP contribution is -2.25. The summed E-state index contributed by atoms with van der Waals surface area (Å²) in [5, 5.41) is 17.7. The third kappa shape index (κ3) is 2.64. The SMILES string of the molecule is O=C(O)Cn1nc(-c2cccc(Cl)c2Cl)c2c1CCNC2. The molecule has 0 bridgehead atoms. The van der Waals surface area contributed by atoms with E-state index in [2.05, 4.69) is 10.4 Å². The number of rotatable bonds is 3. The Hall–Kier alpha value is -1.56. The van der Waals surface area contributed by atoms with Crippen molar-refractivity contribution in [2.45, 2.75) is 19.5 Å². The van der Waals surface area contributed by atoms with Crippen LogP contribution in [0.4, 0.5) is 0 Å². The van der Waals surface area contributed by atoms with E-state index in [9.17, 15) is 4.79 Å². The first kappa shape index (κ1) is 14.4. The smallest absolute Gasteiger partial charge is 0.325 e. The molecule has 0 saturated carbocycles. The summed E-state index contributed by atoms with van der Waals surface area (Å²) in [5.41, 5.74) is 3.37. The van der Waals surface area contributed by atoms with Gasteiger partial charge in [-0.05, 0) is 6.07 Å². The number of hydrogen-bond acceptors (Lipinski definition) is 3. The van der Waals surface area contributed by atoms with Gasteiger partial charge in [0, 0.05) is 36.3 Å². The summed E-state index contributed by atoms with van der Waals surface area (Å²) < 4.78 is 1.55. The molecule has 0 amide bonds. The standard InChI is InChI=1S/C14H13Cl2N3O2/c15-10-3-1-2-8(13(10)16)14-9-6-17-5-4-11(9)19(18-14)7-12(20)21/h1-3,17H,4-7H2,(H,20,21). The van der Waals surface area contributed by atoms with Crippen molar-refractivity contribution < 1.29 is 9.90 Å². The number of halogens is 2. The fraction of sp³-hybridized carbons (Fsp3) is 0.286. The molecule has 0 aliphatic carbocycles. The number of aromatic nitrogens is 2. The number of carboxylic acids is 1. The molecule has 2 aromatic rings. The molecular weight excluding hydrogens is 313 g/mol. The van der Waals surface area contributed by atoms with Crippen molar-refractivity contribution in [2.24, 2.45) is 0 Å². The normalized spacial score (nSPS) is 14.0. The second kappa shape index (κ2) is 5.67. The van der Waals surface area contributed by atoms with Crippen LogP contribution in [-0.2, 0) is 24.3 Å². The van der Waals surface area contributed by atoms with Crippen LogP contribution in [0.5, 0.6) is 0 Å². The number of nitrogens with zero attached hydrogens (tertiary/aromatic N) is 2. The van der Waals surface area contributed by atoms with Crippen LogP contribution in [0.3, 0.4) is 0 Å². The van der Waals surface area contributed by atoms with E-state index in [4.69, 9.17) is 28.3 Å². The molecule has 110 valence electrons. The lowest BCUT2D eigenvalue weighted by Gasteiger charge is -2.15. The van der Waals surface area contributed by atoms with Gasteiger partial charge in [0.25, 0.3) is 0 Å². The van der Waals surface area contributed by atoms with Gasteiger partial charge in [0.2, 0.25) is 0 Å². The molecule has 2 heterocycles. The van der Waals surface area contributed by atoms with E-state index < -0.39 is 5.97 Å². The summed E-state index contributed by atoms with van der Waals surface area (Å²) in [4.78, 5) is 11.0. The van der Waals surface area contributed by atoms with Gasteiger partial charge in [-0.3, -0.25) is 9.48 Å². The number of benzene rings is 1. The van der Waals surface area contributed by atoms with Gasteiger partial charge in [-0.1, -0.05) is 35.3 Å². The Labute approximate surface area is 131 Å². The predicted molar refractivity (Wildman–Crippen MR) is 80.7 cm³/mol. The number of fused-ring (bicyclic) bond motifs is 1. The molecule has 0 spiro atoms. The van der Waals surface area contributed by atoms with Gasteiger partial charge in [0.15, 0.2) is 0 Å². The molecule has 0 atom stereocenters. The number of nitrogens with one attached hydrogen (secondary N) is 1. The van der Waals surface area contributed by atoms with Crippen molar-refractivity contribution in [3.63, 3.8) is 0 Å². The molecule has 0 unspecified atom stereocenters. The second-order valence-corrected chi connectivity index (χ2v) is 5.64. The van der Waals surface area contributed by atoms with Crippen molar-refractivity contribution in [3.05, 3.63) is 39.5 Å². The first-order valence-corrected chi connectivity index (χ1v) is 7.29. The van der Waals surface area contributed by atoms with Crippen molar-refractivity contribution in [2.75, 3.05) is 6.54 Å². The van der Waals surface area contributed by atoms with E-state index in [-0.39, 0.29) is 6.54 Å². The van der Waals surface area contributed by atoms with Crippen LogP contribution in [0.15, 0.2) is 18.2 Å². The zero-order chi connectivity index (χ0) is 15.0. The number of carbonyl (C=O) groups is 1. The Morgan fingerprint density at radius 3 is 3.00 bits per heavy atom. The zero-order valence-electron chi connectivity index (χ0n) is 11.1. The van der Waals surface area contributed by atoms with Crippen molar-refractivity contribution in [1.82, 2.24) is 15.1 Å². The molecule has 5 nitrogen and oxygen atoms in total. The summed E-state index contributed by atoms with van der Waals surface area (Å²) in [6.45, 7) is 1.30. The predicted octanol–water partition coefficient (Wildman–Crippen LogP) is 2.59. The van der Waals surface area contributed by atoms with Gasteiger partial charge < -0.3 is 10.4 Å². The van der Waals surface area contributed by atoms with Crippen LogP contribution in [-0.4, -0.2) is 27.4 Å². The minimum absolute atomic E-state index is 0.152. The van der Waals surface area contributed by atoms with E-state index in [1.54, 1.807) is 10.7 Å². The number of carboxylic acid groups (broad SMARTS) is 1. The summed E-state index contributed by atoms with van der Waals surface area (Å²) in [6, 6.07) is 5.37. The van der Waals surface area contributed by atoms with E-state index in [1.165, 1.54) is 0 Å². The third-order valence-corrected chi connectivity index (χ3v) is 4.32. The highest BCUT2D eigenvalue weighted by molar-refractivity contribution is 6.43. The minimum Gasteiger partial charge on any atom is -0.480 e. The fourth-order valence-electron chi connectivity index (χ4n) is 2.58. The molecule has 1 aliphatic rings. The fourth-order valence-corrected chi connectivity index (χ4v) is 2.97. The maximum atomic E-state index is 11.0. The monoisotopic (exact) mass is 325 g/mol. The minimum atomic E-state index is -0.914. The van der Waals surface area contributed by atoms with E-state index in [1.807, 2.05) is 12.1 Å². The third-order valence-electron chi connectivity index (χ3n) is 3.50. The molecule has 2 N–H and O–H groups in total. The Kier molecular flexibility index (Phi) is 3.89. The highest BCUT2D eigenvalue weighted by Gasteiger charge is 2.24. The van der Waals surface area contributed by atoms with Crippen molar-refractivity contribution in [3.8, 4) is 11.3 Å². The van der Waals surface area contributed by atoms with Gasteiger partial charge in [-0.25, -0.2) is 0 Å². The van der Waals surface area contributed by atoms with E-state index >= 15 is 0 Å². The summed E-state index contributed by atoms with van der Waals surface area (Å²) >= 11 is 12.3. The number of aliphatic carboxylic acids is 1. The van der Waals surface area contributed by atoms with Crippen molar-refractivity contribution >= 4 is 29.2 Å². The molecule has 21 heavy (non-hydrogen) atoms. The van der Waals surface area contributed by atoms with Gasteiger partial charge in [0.05, 0.1) is 15.7 Å². The molecule has 3 rings (SSSR count). The van der Waals surface area contributed by atoms with E-state index in [0.717, 1.165) is 29.8 Å². The maximum Gasteiger partial charge on any atom is 0.325 e. The quantitative estimate of drug-likeness (QED) is 0.910. The van der Waals surface area contributed by atoms with Crippen LogP contribution in [0.25, 0.3) is 11.3 Å². The maximum absolute atomic E-state index is 11.0. The average Bonchev–Trinajstić information content (AvgIpc) is 2.80. The van der Waals surface area contributed by atoms with Gasteiger partial charge in [-0.2, -0.15) is 5.10 Å². The zero-order valence-corrected chi connectivity index (χ0v) is 12.6. The Balaban J connectivity index is 2.16. The Bertz CT molecular complexity index is 712.